The maximum absolute atomic E-state index is 12.4. The number of carbonyl (C=O) groups excluding carboxylic acids is 2. The van der Waals surface area contributed by atoms with E-state index in [2.05, 4.69) is 98.9 Å². The highest BCUT2D eigenvalue weighted by Crippen LogP contribution is 2.43. The maximum Gasteiger partial charge on any atom is 0.472 e. The van der Waals surface area contributed by atoms with E-state index < -0.39 is 58.4 Å². The van der Waals surface area contributed by atoms with Gasteiger partial charge < -0.3 is 24.6 Å². The molecule has 0 bridgehead atoms. The second-order valence-electron chi connectivity index (χ2n) is 15.4. The summed E-state index contributed by atoms with van der Waals surface area (Å²) in [7, 11) is -4.65. The first kappa shape index (κ1) is 58.1. The predicted octanol–water partition coefficient (Wildman–Crippen LogP) is 13.0. The summed E-state index contributed by atoms with van der Waals surface area (Å²) >= 11 is 0. The average Bonchev–Trinajstić information content (AvgIpc) is 3.25. The van der Waals surface area contributed by atoms with E-state index in [1.54, 1.807) is 0 Å². The van der Waals surface area contributed by atoms with Gasteiger partial charge in [0.25, 0.3) is 0 Å². The third-order valence-electron chi connectivity index (χ3n) is 9.59. The number of aliphatic hydroxyl groups is 2. The zero-order valence-corrected chi connectivity index (χ0v) is 39.0. The Bertz CT molecular complexity index is 1280. The van der Waals surface area contributed by atoms with E-state index in [0.29, 0.717) is 12.8 Å². The van der Waals surface area contributed by atoms with Crippen molar-refractivity contribution in [1.29, 1.82) is 0 Å². The summed E-state index contributed by atoms with van der Waals surface area (Å²) in [5.74, 6) is -1.05. The highest BCUT2D eigenvalue weighted by atomic mass is 31.2. The van der Waals surface area contributed by atoms with E-state index in [4.69, 9.17) is 18.5 Å². The maximum atomic E-state index is 12.4. The molecule has 0 aromatic rings. The largest absolute Gasteiger partial charge is 0.472 e. The van der Waals surface area contributed by atoms with Crippen molar-refractivity contribution in [1.82, 2.24) is 0 Å². The van der Waals surface area contributed by atoms with Crippen LogP contribution in [-0.2, 0) is 32.7 Å². The van der Waals surface area contributed by atoms with Gasteiger partial charge in [-0.1, -0.05) is 163 Å². The standard InChI is InChI=1S/C50H85O10P/c1-3-5-7-9-11-13-15-17-19-21-23-25-27-29-31-33-35-37-39-41-49(53)59-47(43-51)45-57-61(55,56)58-46-48(44-52)60-50(54)42-40-38-36-34-32-30-28-26-24-22-20-18-16-14-12-10-8-6-4-2/h5,7,11-14,17-20,23-26,47-48,51-52H,3-4,6,8-10,15-16,21-22,27-46H2,1-2H3,(H,55,56)/b7-5-,13-11-,14-12-,19-17-,20-18-,25-23-,26-24-. The Kier molecular flexibility index (Phi) is 43.1. The van der Waals surface area contributed by atoms with Crippen LogP contribution in [0.4, 0.5) is 0 Å². The minimum absolute atomic E-state index is 0.170. The zero-order chi connectivity index (χ0) is 44.8. The number of carbonyl (C=O) groups is 2. The van der Waals surface area contributed by atoms with Gasteiger partial charge in [-0.25, -0.2) is 4.57 Å². The van der Waals surface area contributed by atoms with Crippen LogP contribution in [0.1, 0.15) is 181 Å². The molecule has 3 atom stereocenters. The van der Waals surface area contributed by atoms with Gasteiger partial charge in [0, 0.05) is 12.8 Å². The summed E-state index contributed by atoms with van der Waals surface area (Å²) in [6.07, 6.45) is 54.0. The Morgan fingerprint density at radius 3 is 1.11 bits per heavy atom. The van der Waals surface area contributed by atoms with Gasteiger partial charge in [-0.3, -0.25) is 18.6 Å². The number of allylic oxidation sites excluding steroid dienone is 14. The third-order valence-corrected chi connectivity index (χ3v) is 10.5. The molecule has 0 amide bonds. The summed E-state index contributed by atoms with van der Waals surface area (Å²) in [4.78, 5) is 34.6. The molecule has 3 N–H and O–H groups in total. The lowest BCUT2D eigenvalue weighted by molar-refractivity contribution is -0.153. The van der Waals surface area contributed by atoms with Gasteiger partial charge in [-0.05, 0) is 89.9 Å². The Labute approximate surface area is 371 Å². The first-order valence-electron chi connectivity index (χ1n) is 23.5. The first-order valence-corrected chi connectivity index (χ1v) is 25.0. The zero-order valence-electron chi connectivity index (χ0n) is 38.1. The van der Waals surface area contributed by atoms with Crippen molar-refractivity contribution >= 4 is 19.8 Å². The molecule has 61 heavy (non-hydrogen) atoms. The average molecular weight is 877 g/mol. The van der Waals surface area contributed by atoms with Crippen LogP contribution in [0.3, 0.4) is 0 Å². The fourth-order valence-corrected chi connectivity index (χ4v) is 6.78. The summed E-state index contributed by atoms with van der Waals surface area (Å²) in [5, 5.41) is 19.2. The number of hydrogen-bond acceptors (Lipinski definition) is 9. The van der Waals surface area contributed by atoms with Crippen LogP contribution in [0, 0.1) is 0 Å². The molecule has 11 heteroatoms. The van der Waals surface area contributed by atoms with Crippen LogP contribution in [-0.4, -0.2) is 65.7 Å². The van der Waals surface area contributed by atoms with Gasteiger partial charge in [0.05, 0.1) is 26.4 Å². The molecule has 0 aliphatic carbocycles. The van der Waals surface area contributed by atoms with Gasteiger partial charge in [-0.15, -0.1) is 0 Å². The summed E-state index contributed by atoms with van der Waals surface area (Å²) in [6, 6.07) is 0. The molecule has 0 aliphatic heterocycles. The van der Waals surface area contributed by atoms with Gasteiger partial charge in [-0.2, -0.15) is 0 Å². The molecule has 350 valence electrons. The number of phosphoric ester groups is 1. The van der Waals surface area contributed by atoms with Crippen molar-refractivity contribution in [2.24, 2.45) is 0 Å². The molecule has 10 nitrogen and oxygen atoms in total. The molecule has 0 fully saturated rings. The van der Waals surface area contributed by atoms with Crippen molar-refractivity contribution in [2.45, 2.75) is 193 Å². The fourth-order valence-electron chi connectivity index (χ4n) is 5.99. The molecule has 0 radical (unpaired) electrons. The Morgan fingerprint density at radius 1 is 0.459 bits per heavy atom. The van der Waals surface area contributed by atoms with Crippen molar-refractivity contribution < 1.29 is 47.8 Å². The monoisotopic (exact) mass is 877 g/mol. The van der Waals surface area contributed by atoms with E-state index >= 15 is 0 Å². The number of esters is 2. The van der Waals surface area contributed by atoms with Crippen molar-refractivity contribution in [3.8, 4) is 0 Å². The molecule has 0 heterocycles. The second-order valence-corrected chi connectivity index (χ2v) is 16.8. The first-order chi connectivity index (χ1) is 29.8. The van der Waals surface area contributed by atoms with Crippen LogP contribution in [0.25, 0.3) is 0 Å². The van der Waals surface area contributed by atoms with E-state index in [1.807, 2.05) is 0 Å². The smallest absolute Gasteiger partial charge is 0.457 e. The van der Waals surface area contributed by atoms with E-state index in [1.165, 1.54) is 25.7 Å². The Hall–Kier alpha value is -2.85. The van der Waals surface area contributed by atoms with Crippen molar-refractivity contribution in [2.75, 3.05) is 26.4 Å². The number of hydrogen-bond donors (Lipinski definition) is 3. The quantitative estimate of drug-likeness (QED) is 0.0234. The molecule has 0 rings (SSSR count). The molecule has 0 saturated heterocycles. The second kappa shape index (κ2) is 45.2. The van der Waals surface area contributed by atoms with Crippen LogP contribution in [0.2, 0.25) is 0 Å². The fraction of sp³-hybridized carbons (Fsp3) is 0.680. The van der Waals surface area contributed by atoms with E-state index in [0.717, 1.165) is 116 Å². The SMILES string of the molecule is CC/C=C\C/C=C\C/C=C\C/C=C\CCCCCCCCC(=O)OC(CO)COP(=O)(O)OCC(CO)OC(=O)CCCCCCCC/C=C\C/C=C\C/C=C\CCCCC. The van der Waals surface area contributed by atoms with Gasteiger partial charge in [0.1, 0.15) is 12.2 Å². The lowest BCUT2D eigenvalue weighted by Crippen LogP contribution is -2.28. The third kappa shape index (κ3) is 43.6. The van der Waals surface area contributed by atoms with E-state index in [9.17, 15) is 29.3 Å². The van der Waals surface area contributed by atoms with Crippen molar-refractivity contribution in [3.63, 3.8) is 0 Å². The van der Waals surface area contributed by atoms with Crippen molar-refractivity contribution in [3.05, 3.63) is 85.1 Å². The number of aliphatic hydroxyl groups excluding tert-OH is 2. The van der Waals surface area contributed by atoms with Gasteiger partial charge in [0.15, 0.2) is 0 Å². The molecule has 0 aromatic carbocycles. The molecule has 0 aromatic heterocycles. The number of phosphoric acid groups is 1. The molecule has 0 aliphatic rings. The van der Waals surface area contributed by atoms with Gasteiger partial charge in [0.2, 0.25) is 0 Å². The van der Waals surface area contributed by atoms with Crippen LogP contribution >= 0.6 is 7.82 Å². The highest BCUT2D eigenvalue weighted by molar-refractivity contribution is 7.47. The van der Waals surface area contributed by atoms with E-state index in [-0.39, 0.29) is 12.8 Å². The summed E-state index contributed by atoms with van der Waals surface area (Å²) in [6.45, 7) is 2.03. The Balaban J connectivity index is 3.95. The minimum Gasteiger partial charge on any atom is -0.457 e. The number of rotatable bonds is 43. The van der Waals surface area contributed by atoms with Gasteiger partial charge >= 0.3 is 19.8 Å². The topological polar surface area (TPSA) is 149 Å². The predicted molar refractivity (Wildman–Crippen MR) is 251 cm³/mol. The lowest BCUT2D eigenvalue weighted by atomic mass is 10.1. The number of unbranched alkanes of at least 4 members (excludes halogenated alkanes) is 15. The molecule has 0 spiro atoms. The Morgan fingerprint density at radius 2 is 0.770 bits per heavy atom. The highest BCUT2D eigenvalue weighted by Gasteiger charge is 2.27. The molecular weight excluding hydrogens is 792 g/mol. The molecule has 0 saturated carbocycles. The van der Waals surface area contributed by atoms with Crippen LogP contribution < -0.4 is 0 Å². The van der Waals surface area contributed by atoms with Crippen LogP contribution in [0.5, 0.6) is 0 Å². The summed E-state index contributed by atoms with van der Waals surface area (Å²) < 4.78 is 32.6. The molecular formula is C50H85O10P. The minimum atomic E-state index is -4.65. The summed E-state index contributed by atoms with van der Waals surface area (Å²) in [5.41, 5.74) is 0. The van der Waals surface area contributed by atoms with Crippen LogP contribution in [0.15, 0.2) is 85.1 Å². The lowest BCUT2D eigenvalue weighted by Gasteiger charge is -2.20. The normalized spacial score (nSPS) is 14.5. The molecule has 3 unspecified atom stereocenters. The number of ether oxygens (including phenoxy) is 2.